The Kier molecular flexibility index (Phi) is 4.35. The minimum atomic E-state index is -0.961. The second-order valence-corrected chi connectivity index (χ2v) is 7.03. The molecule has 1 atom stereocenters. The zero-order chi connectivity index (χ0) is 17.4. The molecule has 0 amide bonds. The van der Waals surface area contributed by atoms with Gasteiger partial charge in [-0.3, -0.25) is 5.10 Å². The molecule has 1 aromatic carbocycles. The SMILES string of the molecule is COc1cc(C(=O)O)c2c(CCN[C@@H]3CN4CCC3CC4)[nH]nc2c1. The number of rotatable bonds is 6. The first-order valence-corrected chi connectivity index (χ1v) is 8.89. The van der Waals surface area contributed by atoms with Crippen LogP contribution in [0.2, 0.25) is 0 Å². The quantitative estimate of drug-likeness (QED) is 0.736. The first-order chi connectivity index (χ1) is 12.2. The third kappa shape index (κ3) is 3.09. The van der Waals surface area contributed by atoms with Crippen molar-refractivity contribution >= 4 is 16.9 Å². The summed E-state index contributed by atoms with van der Waals surface area (Å²) in [4.78, 5) is 14.1. The van der Waals surface area contributed by atoms with Crippen molar-refractivity contribution in [2.75, 3.05) is 33.3 Å². The lowest BCUT2D eigenvalue weighted by molar-refractivity contribution is 0.0698. The molecule has 4 heterocycles. The second-order valence-electron chi connectivity index (χ2n) is 7.03. The number of benzene rings is 1. The number of methoxy groups -OCH3 is 1. The fourth-order valence-electron chi connectivity index (χ4n) is 4.24. The van der Waals surface area contributed by atoms with Crippen LogP contribution in [0.15, 0.2) is 12.1 Å². The van der Waals surface area contributed by atoms with Crippen LogP contribution >= 0.6 is 0 Å². The molecule has 0 radical (unpaired) electrons. The van der Waals surface area contributed by atoms with Gasteiger partial charge in [-0.1, -0.05) is 0 Å². The number of ether oxygens (including phenoxy) is 1. The van der Waals surface area contributed by atoms with Crippen LogP contribution in [0.25, 0.3) is 10.9 Å². The summed E-state index contributed by atoms with van der Waals surface area (Å²) in [5.41, 5.74) is 1.74. The van der Waals surface area contributed by atoms with E-state index in [4.69, 9.17) is 4.74 Å². The Labute approximate surface area is 146 Å². The summed E-state index contributed by atoms with van der Waals surface area (Å²) >= 11 is 0. The standard InChI is InChI=1S/C18H24N4O3/c1-25-12-8-13(18(23)24)17-14(20-21-15(17)9-12)2-5-19-16-10-22-6-3-11(16)4-7-22/h8-9,11,16,19H,2-7,10H2,1H3,(H,20,21)(H,23,24)/t16-/m1/s1. The summed E-state index contributed by atoms with van der Waals surface area (Å²) in [6, 6.07) is 3.88. The molecule has 1 aromatic heterocycles. The van der Waals surface area contributed by atoms with Gasteiger partial charge in [-0.25, -0.2) is 4.79 Å². The van der Waals surface area contributed by atoms with Crippen LogP contribution in [0.1, 0.15) is 28.9 Å². The molecular weight excluding hydrogens is 320 g/mol. The van der Waals surface area contributed by atoms with Gasteiger partial charge in [0.05, 0.1) is 18.2 Å². The number of piperidine rings is 3. The van der Waals surface area contributed by atoms with Crippen LogP contribution in [0, 0.1) is 5.92 Å². The van der Waals surface area contributed by atoms with Gasteiger partial charge in [0.15, 0.2) is 0 Å². The maximum atomic E-state index is 11.6. The zero-order valence-electron chi connectivity index (χ0n) is 14.4. The van der Waals surface area contributed by atoms with E-state index in [9.17, 15) is 9.90 Å². The van der Waals surface area contributed by atoms with E-state index >= 15 is 0 Å². The number of carbonyl (C=O) groups is 1. The Hall–Kier alpha value is -2.12. The van der Waals surface area contributed by atoms with Gasteiger partial charge in [0.1, 0.15) is 5.75 Å². The molecule has 3 aliphatic rings. The van der Waals surface area contributed by atoms with Gasteiger partial charge < -0.3 is 20.1 Å². The average molecular weight is 344 g/mol. The molecular formula is C18H24N4O3. The number of carboxylic acid groups (broad SMARTS) is 1. The van der Waals surface area contributed by atoms with Crippen molar-refractivity contribution in [3.05, 3.63) is 23.4 Å². The lowest BCUT2D eigenvalue weighted by Crippen LogP contribution is -2.56. The molecule has 3 aliphatic heterocycles. The van der Waals surface area contributed by atoms with Gasteiger partial charge in [-0.15, -0.1) is 0 Å². The molecule has 3 saturated heterocycles. The summed E-state index contributed by atoms with van der Waals surface area (Å²) in [6.45, 7) is 4.42. The maximum Gasteiger partial charge on any atom is 0.336 e. The molecule has 2 aromatic rings. The maximum absolute atomic E-state index is 11.6. The fourth-order valence-corrected chi connectivity index (χ4v) is 4.24. The lowest BCUT2D eigenvalue weighted by atomic mass is 9.84. The summed E-state index contributed by atoms with van der Waals surface area (Å²) < 4.78 is 5.18. The normalized spacial score (nSPS) is 25.4. The highest BCUT2D eigenvalue weighted by Crippen LogP contribution is 2.28. The van der Waals surface area contributed by atoms with E-state index in [1.165, 1.54) is 33.0 Å². The van der Waals surface area contributed by atoms with Crippen molar-refractivity contribution in [3.63, 3.8) is 0 Å². The highest BCUT2D eigenvalue weighted by molar-refractivity contribution is 6.04. The van der Waals surface area contributed by atoms with Crippen LogP contribution in [0.5, 0.6) is 5.75 Å². The molecule has 25 heavy (non-hydrogen) atoms. The first kappa shape index (κ1) is 16.4. The molecule has 3 fully saturated rings. The predicted molar refractivity (Wildman–Crippen MR) is 94.3 cm³/mol. The molecule has 2 bridgehead atoms. The molecule has 0 saturated carbocycles. The number of aromatic amines is 1. The number of H-pyrrole nitrogens is 1. The fraction of sp³-hybridized carbons (Fsp3) is 0.556. The van der Waals surface area contributed by atoms with Crippen LogP contribution < -0.4 is 10.1 Å². The van der Waals surface area contributed by atoms with E-state index in [2.05, 4.69) is 20.4 Å². The van der Waals surface area contributed by atoms with Crippen molar-refractivity contribution in [1.82, 2.24) is 20.4 Å². The van der Waals surface area contributed by atoms with E-state index in [1.54, 1.807) is 12.1 Å². The number of nitrogens with one attached hydrogen (secondary N) is 2. The molecule has 7 nitrogen and oxygen atoms in total. The molecule has 134 valence electrons. The van der Waals surface area contributed by atoms with E-state index in [1.807, 2.05) is 0 Å². The second kappa shape index (κ2) is 6.65. The number of nitrogens with zero attached hydrogens (tertiary/aromatic N) is 2. The average Bonchev–Trinajstić information content (AvgIpc) is 3.05. The zero-order valence-corrected chi connectivity index (χ0v) is 14.4. The van der Waals surface area contributed by atoms with Crippen molar-refractivity contribution in [3.8, 4) is 5.75 Å². The Morgan fingerprint density at radius 2 is 2.24 bits per heavy atom. The summed E-state index contributed by atoms with van der Waals surface area (Å²) in [5.74, 6) is 0.326. The molecule has 0 spiro atoms. The van der Waals surface area contributed by atoms with E-state index in [0.29, 0.717) is 22.7 Å². The van der Waals surface area contributed by atoms with Crippen molar-refractivity contribution < 1.29 is 14.6 Å². The largest absolute Gasteiger partial charge is 0.497 e. The van der Waals surface area contributed by atoms with Crippen LogP contribution in [0.3, 0.4) is 0 Å². The Bertz CT molecular complexity index is 780. The van der Waals surface area contributed by atoms with E-state index in [0.717, 1.165) is 31.1 Å². The first-order valence-electron chi connectivity index (χ1n) is 8.89. The molecule has 0 aliphatic carbocycles. The third-order valence-corrected chi connectivity index (χ3v) is 5.61. The summed E-state index contributed by atoms with van der Waals surface area (Å²) in [5, 5.41) is 21.2. The van der Waals surface area contributed by atoms with Gasteiger partial charge in [-0.2, -0.15) is 5.10 Å². The molecule has 0 unspecified atom stereocenters. The van der Waals surface area contributed by atoms with Gasteiger partial charge in [0, 0.05) is 42.7 Å². The number of aromatic nitrogens is 2. The summed E-state index contributed by atoms with van der Waals surface area (Å²) in [7, 11) is 1.53. The minimum Gasteiger partial charge on any atom is -0.497 e. The smallest absolute Gasteiger partial charge is 0.336 e. The predicted octanol–water partition coefficient (Wildman–Crippen LogP) is 1.50. The van der Waals surface area contributed by atoms with Gasteiger partial charge in [-0.05, 0) is 37.9 Å². The Balaban J connectivity index is 1.49. The molecule has 3 N–H and O–H groups in total. The number of hydrogen-bond acceptors (Lipinski definition) is 5. The van der Waals surface area contributed by atoms with Gasteiger partial charge in [0.25, 0.3) is 0 Å². The number of aromatic carboxylic acids is 1. The van der Waals surface area contributed by atoms with Crippen LogP contribution in [0.4, 0.5) is 0 Å². The number of fused-ring (bicyclic) bond motifs is 4. The van der Waals surface area contributed by atoms with E-state index in [-0.39, 0.29) is 5.56 Å². The minimum absolute atomic E-state index is 0.237. The third-order valence-electron chi connectivity index (χ3n) is 5.61. The highest BCUT2D eigenvalue weighted by atomic mass is 16.5. The topological polar surface area (TPSA) is 90.5 Å². The molecule has 5 rings (SSSR count). The van der Waals surface area contributed by atoms with Crippen molar-refractivity contribution in [2.24, 2.45) is 5.92 Å². The number of hydrogen-bond donors (Lipinski definition) is 3. The Morgan fingerprint density at radius 1 is 1.44 bits per heavy atom. The van der Waals surface area contributed by atoms with Gasteiger partial charge >= 0.3 is 5.97 Å². The van der Waals surface area contributed by atoms with Crippen LogP contribution in [-0.4, -0.2) is 65.5 Å². The lowest BCUT2D eigenvalue weighted by Gasteiger charge is -2.45. The van der Waals surface area contributed by atoms with E-state index < -0.39 is 5.97 Å². The summed E-state index contributed by atoms with van der Waals surface area (Å²) in [6.07, 6.45) is 3.30. The highest BCUT2D eigenvalue weighted by Gasteiger charge is 2.33. The van der Waals surface area contributed by atoms with Crippen LogP contribution in [-0.2, 0) is 6.42 Å². The monoisotopic (exact) mass is 344 g/mol. The Morgan fingerprint density at radius 3 is 2.88 bits per heavy atom. The molecule has 7 heteroatoms. The van der Waals surface area contributed by atoms with Crippen molar-refractivity contribution in [1.29, 1.82) is 0 Å². The number of carboxylic acids is 1. The van der Waals surface area contributed by atoms with Crippen molar-refractivity contribution in [2.45, 2.75) is 25.3 Å². The van der Waals surface area contributed by atoms with Gasteiger partial charge in [0.2, 0.25) is 0 Å².